The maximum atomic E-state index is 12.5. The third-order valence-electron chi connectivity index (χ3n) is 4.57. The second-order valence-electron chi connectivity index (χ2n) is 7.07. The number of ether oxygens (including phenoxy) is 2. The Kier molecular flexibility index (Phi) is 7.22. The second-order valence-corrected chi connectivity index (χ2v) is 7.07. The van der Waals surface area contributed by atoms with Crippen molar-refractivity contribution in [1.29, 1.82) is 0 Å². The number of benzene rings is 3. The Hall–Kier alpha value is -3.60. The summed E-state index contributed by atoms with van der Waals surface area (Å²) in [6.45, 7) is -0.282. The molecule has 0 aromatic heterocycles. The molecule has 30 heavy (non-hydrogen) atoms. The summed E-state index contributed by atoms with van der Waals surface area (Å²) < 4.78 is 11.2. The third-order valence-corrected chi connectivity index (χ3v) is 4.57. The van der Waals surface area contributed by atoms with Crippen LogP contribution in [0.1, 0.15) is 22.8 Å². The molecular formula is C25H25NO4. The average Bonchev–Trinajstić information content (AvgIpc) is 2.77. The highest BCUT2D eigenvalue weighted by Crippen LogP contribution is 2.23. The Balaban J connectivity index is 1.67. The van der Waals surface area contributed by atoms with E-state index < -0.39 is 12.1 Å². The Labute approximate surface area is 176 Å². The molecule has 0 radical (unpaired) electrons. The number of hydrogen-bond acceptors (Lipinski definition) is 4. The van der Waals surface area contributed by atoms with Crippen molar-refractivity contribution in [3.05, 3.63) is 102 Å². The highest BCUT2D eigenvalue weighted by molar-refractivity contribution is 5.85. The van der Waals surface area contributed by atoms with Gasteiger partial charge in [0.15, 0.2) is 6.61 Å². The Morgan fingerprint density at radius 2 is 1.43 bits per heavy atom. The summed E-state index contributed by atoms with van der Waals surface area (Å²) in [5.41, 5.74) is 2.74. The number of carbonyl (C=O) groups is 2. The largest absolute Gasteiger partial charge is 0.482 e. The Bertz CT molecular complexity index is 971. The summed E-state index contributed by atoms with van der Waals surface area (Å²) in [6, 6.07) is 26.6. The number of esters is 1. The standard InChI is InChI=1S/C25H25NO4/c1-26(2)25(28)24(20-13-7-4-8-14-20)30-23(27)18-29-22-16-10-9-15-21(22)17-19-11-5-3-6-12-19/h3-16,24H,17-18H2,1-2H3/t24-/m1/s1. The number of rotatable bonds is 8. The number of nitrogens with zero attached hydrogens (tertiary/aromatic N) is 1. The molecule has 0 aliphatic rings. The van der Waals surface area contributed by atoms with Crippen molar-refractivity contribution in [2.45, 2.75) is 12.5 Å². The van der Waals surface area contributed by atoms with Gasteiger partial charge < -0.3 is 14.4 Å². The molecule has 0 saturated carbocycles. The minimum absolute atomic E-state index is 0.282. The molecule has 0 fully saturated rings. The molecule has 0 spiro atoms. The molecular weight excluding hydrogens is 378 g/mol. The molecule has 3 aromatic rings. The summed E-state index contributed by atoms with van der Waals surface area (Å²) in [7, 11) is 3.25. The van der Waals surface area contributed by atoms with Crippen LogP contribution in [0.5, 0.6) is 5.75 Å². The SMILES string of the molecule is CN(C)C(=O)[C@H](OC(=O)COc1ccccc1Cc1ccccc1)c1ccccc1. The van der Waals surface area contributed by atoms with Crippen LogP contribution in [0.4, 0.5) is 0 Å². The number of likely N-dealkylation sites (N-methyl/N-ethyl adjacent to an activating group) is 1. The fourth-order valence-electron chi connectivity index (χ4n) is 3.03. The maximum absolute atomic E-state index is 12.5. The lowest BCUT2D eigenvalue weighted by atomic mass is 10.0. The highest BCUT2D eigenvalue weighted by Gasteiger charge is 2.26. The van der Waals surface area contributed by atoms with Gasteiger partial charge in [0.2, 0.25) is 6.10 Å². The summed E-state index contributed by atoms with van der Waals surface area (Å²) in [4.78, 5) is 26.4. The van der Waals surface area contributed by atoms with Gasteiger partial charge in [0, 0.05) is 26.1 Å². The summed E-state index contributed by atoms with van der Waals surface area (Å²) in [6.07, 6.45) is -0.311. The van der Waals surface area contributed by atoms with Gasteiger partial charge in [-0.1, -0.05) is 78.9 Å². The van der Waals surface area contributed by atoms with Crippen molar-refractivity contribution in [1.82, 2.24) is 4.90 Å². The first-order valence-corrected chi connectivity index (χ1v) is 9.75. The zero-order valence-corrected chi connectivity index (χ0v) is 17.2. The van der Waals surface area contributed by atoms with Gasteiger partial charge in [0.05, 0.1) is 0 Å². The molecule has 0 aliphatic carbocycles. The molecule has 0 saturated heterocycles. The van der Waals surface area contributed by atoms with E-state index in [9.17, 15) is 9.59 Å². The van der Waals surface area contributed by atoms with Gasteiger partial charge in [-0.25, -0.2) is 4.79 Å². The van der Waals surface area contributed by atoms with Gasteiger partial charge in [-0.3, -0.25) is 4.79 Å². The van der Waals surface area contributed by atoms with E-state index in [-0.39, 0.29) is 12.5 Å². The van der Waals surface area contributed by atoms with Crippen LogP contribution in [-0.4, -0.2) is 37.5 Å². The fraction of sp³-hybridized carbons (Fsp3) is 0.200. The third kappa shape index (κ3) is 5.70. The predicted octanol–water partition coefficient (Wildman–Crippen LogP) is 4.03. The lowest BCUT2D eigenvalue weighted by Gasteiger charge is -2.21. The van der Waals surface area contributed by atoms with Crippen LogP contribution in [0, 0.1) is 0 Å². The van der Waals surface area contributed by atoms with Crippen molar-refractivity contribution in [3.63, 3.8) is 0 Å². The van der Waals surface area contributed by atoms with Crippen LogP contribution < -0.4 is 4.74 Å². The number of hydrogen-bond donors (Lipinski definition) is 0. The Morgan fingerprint density at radius 3 is 2.10 bits per heavy atom. The zero-order chi connectivity index (χ0) is 21.3. The van der Waals surface area contributed by atoms with Gasteiger partial charge in [0.25, 0.3) is 5.91 Å². The molecule has 1 amide bonds. The molecule has 0 heterocycles. The molecule has 0 N–H and O–H groups in total. The van der Waals surface area contributed by atoms with Crippen LogP contribution in [0.15, 0.2) is 84.9 Å². The first-order chi connectivity index (χ1) is 14.5. The second kappa shape index (κ2) is 10.3. The van der Waals surface area contributed by atoms with E-state index in [2.05, 4.69) is 0 Å². The topological polar surface area (TPSA) is 55.8 Å². The van der Waals surface area contributed by atoms with E-state index >= 15 is 0 Å². The monoisotopic (exact) mass is 403 g/mol. The van der Waals surface area contributed by atoms with Crippen LogP contribution in [0.25, 0.3) is 0 Å². The Morgan fingerprint density at radius 1 is 0.833 bits per heavy atom. The minimum Gasteiger partial charge on any atom is -0.482 e. The van der Waals surface area contributed by atoms with Crippen molar-refractivity contribution in [3.8, 4) is 5.75 Å². The first-order valence-electron chi connectivity index (χ1n) is 9.75. The van der Waals surface area contributed by atoms with Crippen LogP contribution in [0.2, 0.25) is 0 Å². The van der Waals surface area contributed by atoms with E-state index in [1.54, 1.807) is 38.4 Å². The van der Waals surface area contributed by atoms with Gasteiger partial charge >= 0.3 is 5.97 Å². The summed E-state index contributed by atoms with van der Waals surface area (Å²) in [5, 5.41) is 0. The van der Waals surface area contributed by atoms with E-state index in [4.69, 9.17) is 9.47 Å². The smallest absolute Gasteiger partial charge is 0.345 e. The molecule has 3 rings (SSSR count). The van der Waals surface area contributed by atoms with Gasteiger partial charge in [-0.2, -0.15) is 0 Å². The van der Waals surface area contributed by atoms with Crippen molar-refractivity contribution >= 4 is 11.9 Å². The molecule has 1 atom stereocenters. The number of para-hydroxylation sites is 1. The maximum Gasteiger partial charge on any atom is 0.345 e. The van der Waals surface area contributed by atoms with Crippen molar-refractivity contribution in [2.24, 2.45) is 0 Å². The molecule has 3 aromatic carbocycles. The van der Waals surface area contributed by atoms with E-state index in [0.29, 0.717) is 17.7 Å². The van der Waals surface area contributed by atoms with Crippen molar-refractivity contribution < 1.29 is 19.1 Å². The minimum atomic E-state index is -1.00. The van der Waals surface area contributed by atoms with E-state index in [1.807, 2.05) is 60.7 Å². The van der Waals surface area contributed by atoms with E-state index in [1.165, 1.54) is 4.90 Å². The fourth-order valence-corrected chi connectivity index (χ4v) is 3.03. The van der Waals surface area contributed by atoms with Gasteiger partial charge in [-0.05, 0) is 17.2 Å². The van der Waals surface area contributed by atoms with Crippen LogP contribution in [-0.2, 0) is 20.7 Å². The lowest BCUT2D eigenvalue weighted by molar-refractivity contribution is -0.161. The quantitative estimate of drug-likeness (QED) is 0.533. The van der Waals surface area contributed by atoms with Crippen LogP contribution >= 0.6 is 0 Å². The van der Waals surface area contributed by atoms with Crippen LogP contribution in [0.3, 0.4) is 0 Å². The molecule has 0 aliphatic heterocycles. The molecule has 5 nitrogen and oxygen atoms in total. The lowest BCUT2D eigenvalue weighted by Crippen LogP contribution is -2.32. The van der Waals surface area contributed by atoms with Gasteiger partial charge in [0.1, 0.15) is 5.75 Å². The molecule has 154 valence electrons. The van der Waals surface area contributed by atoms with E-state index in [0.717, 1.165) is 11.1 Å². The van der Waals surface area contributed by atoms with Crippen molar-refractivity contribution in [2.75, 3.05) is 20.7 Å². The average molecular weight is 403 g/mol. The number of amides is 1. The predicted molar refractivity (Wildman–Crippen MR) is 115 cm³/mol. The summed E-state index contributed by atoms with van der Waals surface area (Å²) in [5.74, 6) is -0.291. The normalized spacial score (nSPS) is 11.4. The molecule has 0 unspecified atom stereocenters. The highest BCUT2D eigenvalue weighted by atomic mass is 16.6. The zero-order valence-electron chi connectivity index (χ0n) is 17.2. The first kappa shape index (κ1) is 21.1. The molecule has 5 heteroatoms. The van der Waals surface area contributed by atoms with Gasteiger partial charge in [-0.15, -0.1) is 0 Å². The summed E-state index contributed by atoms with van der Waals surface area (Å²) >= 11 is 0. The number of carbonyl (C=O) groups excluding carboxylic acids is 2. The molecule has 0 bridgehead atoms.